The fraction of sp³-hybridized carbons (Fsp3) is 0.333. The molecule has 1 aromatic rings. The zero-order chi connectivity index (χ0) is 14.6. The minimum Gasteiger partial charge on any atom is -0.508 e. The molecule has 0 aliphatic carbocycles. The summed E-state index contributed by atoms with van der Waals surface area (Å²) < 4.78 is 10.0. The van der Waals surface area contributed by atoms with Crippen LogP contribution in [0.3, 0.4) is 0 Å². The summed E-state index contributed by atoms with van der Waals surface area (Å²) in [5, 5.41) is 27.2. The van der Waals surface area contributed by atoms with Crippen molar-refractivity contribution >= 4 is 11.9 Å². The number of hydrogen-bond acceptors (Lipinski definition) is 5. The summed E-state index contributed by atoms with van der Waals surface area (Å²) in [6, 6.07) is 2.53. The Morgan fingerprint density at radius 1 is 1.11 bits per heavy atom. The van der Waals surface area contributed by atoms with Crippen molar-refractivity contribution in [3.8, 4) is 17.2 Å². The number of benzene rings is 1. The summed E-state index contributed by atoms with van der Waals surface area (Å²) in [6.45, 7) is 0. The molecule has 7 heteroatoms. The Morgan fingerprint density at radius 3 is 1.84 bits per heavy atom. The lowest BCUT2D eigenvalue weighted by molar-refractivity contribution is -0.154. The van der Waals surface area contributed by atoms with Gasteiger partial charge in [0.05, 0.1) is 14.2 Å². The maximum atomic E-state index is 10.9. The predicted octanol–water partition coefficient (Wildman–Crippen LogP) is 0.737. The van der Waals surface area contributed by atoms with E-state index in [9.17, 15) is 14.7 Å². The van der Waals surface area contributed by atoms with Gasteiger partial charge in [-0.1, -0.05) is 0 Å². The van der Waals surface area contributed by atoms with Gasteiger partial charge in [-0.3, -0.25) is 9.59 Å². The molecule has 3 N–H and O–H groups in total. The van der Waals surface area contributed by atoms with E-state index in [0.717, 1.165) is 0 Å². The molecule has 1 rings (SSSR count). The van der Waals surface area contributed by atoms with Crippen LogP contribution in [0, 0.1) is 5.92 Å². The quantitative estimate of drug-likeness (QED) is 0.653. The summed E-state index contributed by atoms with van der Waals surface area (Å²) in [4.78, 5) is 21.8. The first-order valence-electron chi connectivity index (χ1n) is 5.30. The minimum absolute atomic E-state index is 0.125. The maximum Gasteiger partial charge on any atom is 0.318 e. The summed E-state index contributed by atoms with van der Waals surface area (Å²) in [7, 11) is 2.66. The van der Waals surface area contributed by atoms with Crippen molar-refractivity contribution in [2.75, 3.05) is 14.2 Å². The standard InChI is InChI=1S/C12H14O7/c1-18-9-3-6(13)4-10(19-2)7(9)5-8(11(14)15)12(16)17/h3-4,8,13H,5H2,1-2H3,(H,14,15)(H,16,17). The first-order chi connectivity index (χ1) is 8.90. The Bertz CT molecular complexity index is 456. The normalized spacial score (nSPS) is 10.3. The Labute approximate surface area is 109 Å². The topological polar surface area (TPSA) is 113 Å². The number of carboxylic acids is 2. The third-order valence-electron chi connectivity index (χ3n) is 2.60. The van der Waals surface area contributed by atoms with Crippen LogP contribution >= 0.6 is 0 Å². The van der Waals surface area contributed by atoms with Gasteiger partial charge >= 0.3 is 11.9 Å². The molecule has 0 fully saturated rings. The highest BCUT2D eigenvalue weighted by Gasteiger charge is 2.29. The number of methoxy groups -OCH3 is 2. The van der Waals surface area contributed by atoms with Crippen LogP contribution in [0.2, 0.25) is 0 Å². The molecule has 0 unspecified atom stereocenters. The summed E-state index contributed by atoms with van der Waals surface area (Å²) in [5.74, 6) is -4.31. The van der Waals surface area contributed by atoms with Gasteiger partial charge in [0.15, 0.2) is 5.92 Å². The molecule has 7 nitrogen and oxygen atoms in total. The highest BCUT2D eigenvalue weighted by Crippen LogP contribution is 2.35. The molecule has 0 aromatic heterocycles. The van der Waals surface area contributed by atoms with Crippen LogP contribution in [-0.2, 0) is 16.0 Å². The van der Waals surface area contributed by atoms with E-state index in [1.165, 1.54) is 26.4 Å². The first kappa shape index (κ1) is 14.6. The van der Waals surface area contributed by atoms with Crippen molar-refractivity contribution in [2.24, 2.45) is 5.92 Å². The second-order valence-corrected chi connectivity index (χ2v) is 3.76. The monoisotopic (exact) mass is 270 g/mol. The lowest BCUT2D eigenvalue weighted by Gasteiger charge is -2.15. The molecule has 0 radical (unpaired) electrons. The summed E-state index contributed by atoms with van der Waals surface area (Å²) in [6.07, 6.45) is -0.308. The highest BCUT2D eigenvalue weighted by molar-refractivity contribution is 5.93. The molecule has 104 valence electrons. The van der Waals surface area contributed by atoms with Gasteiger partial charge < -0.3 is 24.8 Å². The number of hydrogen-bond donors (Lipinski definition) is 3. The number of aliphatic carboxylic acids is 2. The number of carbonyl (C=O) groups is 2. The number of phenolic OH excluding ortho intramolecular Hbond substituents is 1. The zero-order valence-electron chi connectivity index (χ0n) is 10.4. The smallest absolute Gasteiger partial charge is 0.318 e. The van der Waals surface area contributed by atoms with Crippen molar-refractivity contribution < 1.29 is 34.4 Å². The molecule has 0 bridgehead atoms. The second-order valence-electron chi connectivity index (χ2n) is 3.76. The van der Waals surface area contributed by atoms with Crippen molar-refractivity contribution in [2.45, 2.75) is 6.42 Å². The van der Waals surface area contributed by atoms with Gasteiger partial charge in [0, 0.05) is 24.1 Å². The first-order valence-corrected chi connectivity index (χ1v) is 5.30. The fourth-order valence-electron chi connectivity index (χ4n) is 1.66. The number of aromatic hydroxyl groups is 1. The lowest BCUT2D eigenvalue weighted by atomic mass is 9.97. The molecular formula is C12H14O7. The summed E-state index contributed by atoms with van der Waals surface area (Å²) in [5.41, 5.74) is 0.276. The Hall–Kier alpha value is -2.44. The highest BCUT2D eigenvalue weighted by atomic mass is 16.5. The van der Waals surface area contributed by atoms with Crippen molar-refractivity contribution in [3.05, 3.63) is 17.7 Å². The van der Waals surface area contributed by atoms with Crippen LogP contribution in [-0.4, -0.2) is 41.5 Å². The molecule has 0 atom stereocenters. The average Bonchev–Trinajstić information content (AvgIpc) is 2.34. The van der Waals surface area contributed by atoms with Gasteiger partial charge in [0.2, 0.25) is 0 Å². The fourth-order valence-corrected chi connectivity index (χ4v) is 1.66. The zero-order valence-corrected chi connectivity index (χ0v) is 10.4. The Morgan fingerprint density at radius 2 is 1.53 bits per heavy atom. The van der Waals surface area contributed by atoms with Crippen molar-refractivity contribution in [3.63, 3.8) is 0 Å². The van der Waals surface area contributed by atoms with Crippen LogP contribution in [0.4, 0.5) is 0 Å². The summed E-state index contributed by atoms with van der Waals surface area (Å²) >= 11 is 0. The van der Waals surface area contributed by atoms with E-state index in [1.807, 2.05) is 0 Å². The van der Waals surface area contributed by atoms with Crippen LogP contribution in [0.15, 0.2) is 12.1 Å². The largest absolute Gasteiger partial charge is 0.508 e. The van der Waals surface area contributed by atoms with Gasteiger partial charge in [0.25, 0.3) is 0 Å². The lowest BCUT2D eigenvalue weighted by Crippen LogP contribution is -2.25. The molecule has 0 amide bonds. The molecule has 0 aliphatic heterocycles. The van der Waals surface area contributed by atoms with E-state index in [1.54, 1.807) is 0 Å². The van der Waals surface area contributed by atoms with Gasteiger partial charge in [0.1, 0.15) is 17.2 Å². The maximum absolute atomic E-state index is 10.9. The third-order valence-corrected chi connectivity index (χ3v) is 2.60. The van der Waals surface area contributed by atoms with E-state index >= 15 is 0 Å². The van der Waals surface area contributed by atoms with E-state index in [4.69, 9.17) is 19.7 Å². The molecule has 0 aliphatic rings. The van der Waals surface area contributed by atoms with E-state index in [2.05, 4.69) is 0 Å². The Balaban J connectivity index is 3.24. The Kier molecular flexibility index (Phi) is 4.57. The predicted molar refractivity (Wildman–Crippen MR) is 63.7 cm³/mol. The molecule has 0 spiro atoms. The van der Waals surface area contributed by atoms with Crippen LogP contribution in [0.1, 0.15) is 5.56 Å². The van der Waals surface area contributed by atoms with Crippen molar-refractivity contribution in [1.82, 2.24) is 0 Å². The van der Waals surface area contributed by atoms with Gasteiger partial charge in [-0.15, -0.1) is 0 Å². The van der Waals surface area contributed by atoms with E-state index < -0.39 is 17.9 Å². The average molecular weight is 270 g/mol. The van der Waals surface area contributed by atoms with Crippen LogP contribution < -0.4 is 9.47 Å². The SMILES string of the molecule is COc1cc(O)cc(OC)c1CC(C(=O)O)C(=O)O. The van der Waals surface area contributed by atoms with Crippen LogP contribution in [0.25, 0.3) is 0 Å². The van der Waals surface area contributed by atoms with Crippen molar-refractivity contribution in [1.29, 1.82) is 0 Å². The number of ether oxygens (including phenoxy) is 2. The van der Waals surface area contributed by atoms with Crippen LogP contribution in [0.5, 0.6) is 17.2 Å². The third kappa shape index (κ3) is 3.27. The molecule has 0 saturated heterocycles. The number of carboxylic acid groups (broad SMARTS) is 2. The number of phenols is 1. The van der Waals surface area contributed by atoms with E-state index in [0.29, 0.717) is 0 Å². The van der Waals surface area contributed by atoms with E-state index in [-0.39, 0.29) is 29.2 Å². The molecule has 1 aromatic carbocycles. The van der Waals surface area contributed by atoms with Gasteiger partial charge in [-0.25, -0.2) is 0 Å². The molecule has 0 saturated carbocycles. The number of rotatable bonds is 6. The molecular weight excluding hydrogens is 256 g/mol. The minimum atomic E-state index is -1.62. The van der Waals surface area contributed by atoms with Gasteiger partial charge in [-0.05, 0) is 0 Å². The molecule has 19 heavy (non-hydrogen) atoms. The second kappa shape index (κ2) is 5.94. The van der Waals surface area contributed by atoms with Gasteiger partial charge in [-0.2, -0.15) is 0 Å². The molecule has 0 heterocycles.